The summed E-state index contributed by atoms with van der Waals surface area (Å²) in [5.41, 5.74) is 3.08. The second kappa shape index (κ2) is 21.1. The number of benzene rings is 2. The van der Waals surface area contributed by atoms with Gasteiger partial charge in [0.15, 0.2) is 0 Å². The summed E-state index contributed by atoms with van der Waals surface area (Å²) in [5.74, 6) is 0.247. The summed E-state index contributed by atoms with van der Waals surface area (Å²) in [4.78, 5) is 79.8. The number of hydrogen-bond acceptors (Lipinski definition) is 14. The molecule has 0 saturated carbocycles. The Bertz CT molecular complexity index is 2730. The zero-order valence-corrected chi connectivity index (χ0v) is 40.6. The molecule has 5 N–H and O–H groups in total. The van der Waals surface area contributed by atoms with E-state index in [0.717, 1.165) is 74.9 Å². The van der Waals surface area contributed by atoms with Crippen LogP contribution in [0.3, 0.4) is 0 Å². The Morgan fingerprint density at radius 2 is 1.41 bits per heavy atom. The molecule has 2 aromatic carbocycles. The van der Waals surface area contributed by atoms with Crippen LogP contribution in [0.2, 0.25) is 0 Å². The summed E-state index contributed by atoms with van der Waals surface area (Å²) in [6.45, 7) is 4.99. The number of fused-ring (bicyclic) bond motifs is 1. The summed E-state index contributed by atoms with van der Waals surface area (Å²) in [7, 11) is 0. The van der Waals surface area contributed by atoms with Crippen molar-refractivity contribution in [3.05, 3.63) is 104 Å². The Morgan fingerprint density at radius 1 is 0.721 bits per heavy atom. The molecule has 0 unspecified atom stereocenters. The summed E-state index contributed by atoms with van der Waals surface area (Å²) >= 11 is 5.95. The van der Waals surface area contributed by atoms with Gasteiger partial charge in [-0.15, -0.1) is 45.3 Å². The van der Waals surface area contributed by atoms with Crippen LogP contribution >= 0.6 is 45.3 Å². The van der Waals surface area contributed by atoms with Crippen molar-refractivity contribution in [3.63, 3.8) is 0 Å². The number of rotatable bonds is 18. The number of nitrogens with one attached hydrogen (secondary N) is 5. The van der Waals surface area contributed by atoms with Crippen LogP contribution in [0.1, 0.15) is 91.7 Å². The molecule has 0 bridgehead atoms. The molecule has 6 aromatic rings. The van der Waals surface area contributed by atoms with E-state index in [1.54, 1.807) is 46.9 Å². The van der Waals surface area contributed by atoms with Crippen molar-refractivity contribution in [1.82, 2.24) is 35.7 Å². The third-order valence-electron chi connectivity index (χ3n) is 12.9. The summed E-state index contributed by atoms with van der Waals surface area (Å²) in [6.07, 6.45) is 7.14. The number of para-hydroxylation sites is 1. The predicted octanol–water partition coefficient (Wildman–Crippen LogP) is 7.27. The fraction of sp³-hybridized carbons (Fsp3) is 0.408. The lowest BCUT2D eigenvalue weighted by Gasteiger charge is -2.37. The van der Waals surface area contributed by atoms with E-state index in [4.69, 9.17) is 9.72 Å². The average molecular weight is 992 g/mol. The SMILES string of the molecule is O=C(CCCCCO[C@H]1CN[C@H](C(=O)Nc2ccc(C(=O)N3CC(c4nc5ccccc5s4)C3)s2)C1)NCc1ccc(-c2cnc(C3CN(C(=O)c4ccc(NC(=O)[C@@H]5CCCN5)s4)C3)s2)cc1. The fourth-order valence-electron chi connectivity index (χ4n) is 8.87. The molecule has 354 valence electrons. The van der Waals surface area contributed by atoms with Crippen molar-refractivity contribution in [2.75, 3.05) is 56.5 Å². The highest BCUT2D eigenvalue weighted by Gasteiger charge is 2.37. The Morgan fingerprint density at radius 3 is 2.10 bits per heavy atom. The Balaban J connectivity index is 0.568. The van der Waals surface area contributed by atoms with Gasteiger partial charge in [-0.25, -0.2) is 9.97 Å². The molecule has 4 aliphatic heterocycles. The second-order valence-electron chi connectivity index (χ2n) is 17.8. The van der Waals surface area contributed by atoms with Gasteiger partial charge in [-0.05, 0) is 86.2 Å². The lowest BCUT2D eigenvalue weighted by atomic mass is 10.0. The molecule has 0 aliphatic carbocycles. The number of carbonyl (C=O) groups excluding carboxylic acids is 5. The van der Waals surface area contributed by atoms with E-state index in [1.807, 2.05) is 46.3 Å². The Hall–Kier alpha value is -5.41. The minimum Gasteiger partial charge on any atom is -0.377 e. The molecular formula is C49H53N9O6S4. The number of amides is 5. The number of ether oxygens (including phenoxy) is 1. The molecule has 0 radical (unpaired) electrons. The lowest BCUT2D eigenvalue weighted by Crippen LogP contribution is -2.48. The quantitative estimate of drug-likeness (QED) is 0.0549. The highest BCUT2D eigenvalue weighted by molar-refractivity contribution is 7.19. The minimum absolute atomic E-state index is 0.0177. The maximum Gasteiger partial charge on any atom is 0.264 e. The van der Waals surface area contributed by atoms with Crippen molar-refractivity contribution < 1.29 is 28.7 Å². The summed E-state index contributed by atoms with van der Waals surface area (Å²) < 4.78 is 7.24. The zero-order chi connectivity index (χ0) is 46.6. The average Bonchev–Trinajstić information content (AvgIpc) is 4.18. The third-order valence-corrected chi connectivity index (χ3v) is 17.3. The van der Waals surface area contributed by atoms with Crippen LogP contribution in [0.4, 0.5) is 10.0 Å². The van der Waals surface area contributed by atoms with E-state index in [-0.39, 0.29) is 59.6 Å². The third kappa shape index (κ3) is 10.9. The van der Waals surface area contributed by atoms with Gasteiger partial charge >= 0.3 is 0 Å². The van der Waals surface area contributed by atoms with E-state index in [1.165, 1.54) is 22.7 Å². The van der Waals surface area contributed by atoms with Gasteiger partial charge in [0.25, 0.3) is 11.8 Å². The van der Waals surface area contributed by atoms with Gasteiger partial charge in [0.2, 0.25) is 17.7 Å². The number of aromatic nitrogens is 2. The second-order valence-corrected chi connectivity index (χ2v) is 22.1. The molecule has 15 nitrogen and oxygen atoms in total. The van der Waals surface area contributed by atoms with Crippen molar-refractivity contribution >= 4 is 95.1 Å². The molecule has 0 spiro atoms. The van der Waals surface area contributed by atoms with E-state index < -0.39 is 0 Å². The first-order valence-corrected chi connectivity index (χ1v) is 26.6. The first kappa shape index (κ1) is 46.3. The molecule has 68 heavy (non-hydrogen) atoms. The monoisotopic (exact) mass is 991 g/mol. The van der Waals surface area contributed by atoms with Crippen molar-refractivity contribution in [2.24, 2.45) is 0 Å². The van der Waals surface area contributed by atoms with Crippen molar-refractivity contribution in [2.45, 2.75) is 81.5 Å². The molecule has 3 atom stereocenters. The number of thiophene rings is 2. The van der Waals surface area contributed by atoms with Gasteiger partial charge in [-0.2, -0.15) is 0 Å². The maximum atomic E-state index is 13.1. The molecule has 4 aliphatic rings. The fourth-order valence-corrected chi connectivity index (χ4v) is 12.7. The normalized spacial score (nSPS) is 19.5. The summed E-state index contributed by atoms with van der Waals surface area (Å²) in [5, 5.41) is 18.8. The molecule has 4 fully saturated rings. The van der Waals surface area contributed by atoms with Crippen LogP contribution in [0, 0.1) is 0 Å². The van der Waals surface area contributed by atoms with Crippen molar-refractivity contribution in [3.8, 4) is 10.4 Å². The van der Waals surface area contributed by atoms with Crippen molar-refractivity contribution in [1.29, 1.82) is 0 Å². The largest absolute Gasteiger partial charge is 0.377 e. The van der Waals surface area contributed by atoms with Gasteiger partial charge in [0, 0.05) is 70.3 Å². The molecule has 19 heteroatoms. The first-order valence-electron chi connectivity index (χ1n) is 23.3. The molecule has 5 amide bonds. The molecule has 8 heterocycles. The summed E-state index contributed by atoms with van der Waals surface area (Å²) in [6, 6.07) is 22.9. The number of hydrogen-bond donors (Lipinski definition) is 5. The van der Waals surface area contributed by atoms with Gasteiger partial charge in [0.05, 0.1) is 58.0 Å². The molecule has 10 rings (SSSR count). The first-order chi connectivity index (χ1) is 33.2. The number of nitrogens with zero attached hydrogens (tertiary/aromatic N) is 4. The maximum absolute atomic E-state index is 13.1. The van der Waals surface area contributed by atoms with Gasteiger partial charge in [-0.1, -0.05) is 42.8 Å². The highest BCUT2D eigenvalue weighted by Crippen LogP contribution is 2.37. The lowest BCUT2D eigenvalue weighted by molar-refractivity contribution is -0.121. The predicted molar refractivity (Wildman–Crippen MR) is 268 cm³/mol. The van der Waals surface area contributed by atoms with E-state index in [9.17, 15) is 24.0 Å². The minimum atomic E-state index is -0.370. The zero-order valence-electron chi connectivity index (χ0n) is 37.4. The topological polar surface area (TPSA) is 187 Å². The van der Waals surface area contributed by atoms with Crippen LogP contribution in [0.15, 0.2) is 79.0 Å². The molecule has 4 saturated heterocycles. The van der Waals surface area contributed by atoms with Crippen LogP contribution in [0.5, 0.6) is 0 Å². The Kier molecular flexibility index (Phi) is 14.4. The number of unbranched alkanes of at least 4 members (excludes halogenated alkanes) is 2. The van der Waals surface area contributed by atoms with E-state index in [0.29, 0.717) is 78.5 Å². The number of carbonyl (C=O) groups is 5. The molecular weight excluding hydrogens is 939 g/mol. The highest BCUT2D eigenvalue weighted by atomic mass is 32.1. The van der Waals surface area contributed by atoms with Gasteiger partial charge in [0.1, 0.15) is 5.01 Å². The van der Waals surface area contributed by atoms with E-state index in [2.05, 4.69) is 49.8 Å². The Labute approximate surface area is 410 Å². The van der Waals surface area contributed by atoms with Crippen LogP contribution in [0.25, 0.3) is 20.7 Å². The van der Waals surface area contributed by atoms with Crippen LogP contribution in [-0.4, -0.2) is 113 Å². The van der Waals surface area contributed by atoms with Crippen LogP contribution < -0.4 is 26.6 Å². The van der Waals surface area contributed by atoms with Gasteiger partial charge in [-0.3, -0.25) is 24.0 Å². The number of likely N-dealkylation sites (tertiary alicyclic amines) is 2. The van der Waals surface area contributed by atoms with E-state index >= 15 is 0 Å². The smallest absolute Gasteiger partial charge is 0.264 e. The molecule has 4 aromatic heterocycles. The van der Waals surface area contributed by atoms with Crippen LogP contribution in [-0.2, 0) is 25.7 Å². The standard InChI is InChI=1S/C49H53N9O6S4/c59-41(52-22-29-11-13-30(14-12-29)40-24-53-46(68-40)31-25-57(26-31)48(62)38-15-17-42(65-38)55-44(60)35-8-6-19-50-35)10-2-1-5-20-64-33-21-36(51-23-33)45(61)56-43-18-16-39(66-43)49(63)58-27-32(28-58)47-54-34-7-3-4-9-37(34)67-47/h3-4,7,9,11-18,24,31-33,35-36,50-51H,1-2,5-6,8,10,19-23,25-28H2,(H,52,59)(H,55,60)(H,56,61)/t33-,35+,36+/m1/s1. The van der Waals surface area contributed by atoms with Gasteiger partial charge < -0.3 is 41.1 Å². The number of anilines is 2. The number of thiazole rings is 2.